The Bertz CT molecular complexity index is 728. The van der Waals surface area contributed by atoms with Crippen molar-refractivity contribution in [2.24, 2.45) is 0 Å². The quantitative estimate of drug-likeness (QED) is 0.546. The molecule has 0 saturated carbocycles. The number of hydrogen-bond acceptors (Lipinski definition) is 5. The van der Waals surface area contributed by atoms with Gasteiger partial charge in [-0.3, -0.25) is 0 Å². The summed E-state index contributed by atoms with van der Waals surface area (Å²) in [5.74, 6) is -0.578. The van der Waals surface area contributed by atoms with E-state index in [0.29, 0.717) is 25.6 Å². The fourth-order valence-electron chi connectivity index (χ4n) is 1.74. The molecule has 2 rings (SSSR count). The van der Waals surface area contributed by atoms with Gasteiger partial charge < -0.3 is 13.7 Å². The smallest absolute Gasteiger partial charge is 0.339 e. The average Bonchev–Trinajstić information content (AvgIpc) is 2.54. The van der Waals surface area contributed by atoms with Crippen LogP contribution in [0, 0.1) is 5.82 Å². The Morgan fingerprint density at radius 3 is 2.35 bits per heavy atom. The van der Waals surface area contributed by atoms with Crippen molar-refractivity contribution in [3.63, 3.8) is 0 Å². The highest BCUT2D eigenvalue weighted by Gasteiger charge is 2.18. The predicted molar refractivity (Wildman–Crippen MR) is 82.6 cm³/mol. The van der Waals surface area contributed by atoms with Crippen molar-refractivity contribution < 1.29 is 26.5 Å². The lowest BCUT2D eigenvalue weighted by molar-refractivity contribution is 0.110. The Morgan fingerprint density at radius 1 is 1.00 bits per heavy atom. The van der Waals surface area contributed by atoms with Gasteiger partial charge in [0, 0.05) is 6.61 Å². The molecule has 7 heteroatoms. The molecule has 0 saturated heterocycles. The highest BCUT2D eigenvalue weighted by atomic mass is 32.2. The van der Waals surface area contributed by atoms with E-state index in [1.165, 1.54) is 42.5 Å². The third-order valence-electron chi connectivity index (χ3n) is 2.85. The number of para-hydroxylation sites is 1. The molecule has 0 bridgehead atoms. The molecular weight excluding hydrogens is 323 g/mol. The zero-order valence-corrected chi connectivity index (χ0v) is 13.4. The standard InChI is InChI=1S/C16H17FO5S/c1-2-20-11-12-21-13-7-9-14(10-8-13)23(18,19)22-16-6-4-3-5-15(16)17/h3-10H,2,11-12H2,1H3. The van der Waals surface area contributed by atoms with Crippen LogP contribution in [0.4, 0.5) is 4.39 Å². The second-order valence-electron chi connectivity index (χ2n) is 4.48. The van der Waals surface area contributed by atoms with E-state index in [-0.39, 0.29) is 10.6 Å². The maximum Gasteiger partial charge on any atom is 0.339 e. The summed E-state index contributed by atoms with van der Waals surface area (Å²) >= 11 is 0. The van der Waals surface area contributed by atoms with Crippen molar-refractivity contribution in [3.8, 4) is 11.5 Å². The lowest BCUT2D eigenvalue weighted by atomic mass is 10.3. The number of ether oxygens (including phenoxy) is 2. The molecule has 0 N–H and O–H groups in total. The minimum atomic E-state index is -4.10. The third kappa shape index (κ3) is 4.94. The van der Waals surface area contributed by atoms with Crippen molar-refractivity contribution in [3.05, 3.63) is 54.3 Å². The van der Waals surface area contributed by atoms with E-state index in [4.69, 9.17) is 13.7 Å². The lowest BCUT2D eigenvalue weighted by Gasteiger charge is -2.09. The van der Waals surface area contributed by atoms with Gasteiger partial charge in [0.1, 0.15) is 17.3 Å². The molecule has 0 unspecified atom stereocenters. The predicted octanol–water partition coefficient (Wildman–Crippen LogP) is 3.01. The minimum Gasteiger partial charge on any atom is -0.491 e. The van der Waals surface area contributed by atoms with Gasteiger partial charge in [-0.15, -0.1) is 0 Å². The molecule has 0 spiro atoms. The Labute approximate surface area is 134 Å². The first-order valence-corrected chi connectivity index (χ1v) is 8.43. The topological polar surface area (TPSA) is 61.8 Å². The van der Waals surface area contributed by atoms with Gasteiger partial charge in [-0.1, -0.05) is 12.1 Å². The first-order valence-electron chi connectivity index (χ1n) is 7.02. The monoisotopic (exact) mass is 340 g/mol. The van der Waals surface area contributed by atoms with Crippen LogP contribution in [-0.2, 0) is 14.9 Å². The van der Waals surface area contributed by atoms with Crippen molar-refractivity contribution in [1.29, 1.82) is 0 Å². The van der Waals surface area contributed by atoms with Crippen LogP contribution in [0.2, 0.25) is 0 Å². The Morgan fingerprint density at radius 2 is 1.70 bits per heavy atom. The van der Waals surface area contributed by atoms with Gasteiger partial charge in [-0.05, 0) is 43.3 Å². The Balaban J connectivity index is 2.04. The maximum absolute atomic E-state index is 13.5. The fourth-order valence-corrected chi connectivity index (χ4v) is 2.68. The number of rotatable bonds is 8. The zero-order valence-electron chi connectivity index (χ0n) is 12.6. The van der Waals surface area contributed by atoms with Crippen LogP contribution in [-0.4, -0.2) is 28.2 Å². The second kappa shape index (κ2) is 7.94. The fraction of sp³-hybridized carbons (Fsp3) is 0.250. The first kappa shape index (κ1) is 17.2. The van der Waals surface area contributed by atoms with Gasteiger partial charge in [0.05, 0.1) is 6.61 Å². The van der Waals surface area contributed by atoms with E-state index in [2.05, 4.69) is 0 Å². The summed E-state index contributed by atoms with van der Waals surface area (Å²) in [6.45, 7) is 3.31. The summed E-state index contributed by atoms with van der Waals surface area (Å²) in [6.07, 6.45) is 0. The van der Waals surface area contributed by atoms with Gasteiger partial charge in [0.2, 0.25) is 0 Å². The van der Waals surface area contributed by atoms with E-state index < -0.39 is 15.9 Å². The van der Waals surface area contributed by atoms with Crippen molar-refractivity contribution in [2.75, 3.05) is 19.8 Å². The second-order valence-corrected chi connectivity index (χ2v) is 6.03. The largest absolute Gasteiger partial charge is 0.491 e. The molecule has 0 fully saturated rings. The van der Waals surface area contributed by atoms with E-state index in [1.807, 2.05) is 6.92 Å². The Kier molecular flexibility index (Phi) is 5.95. The summed E-state index contributed by atoms with van der Waals surface area (Å²) in [5.41, 5.74) is 0. The molecule has 124 valence electrons. The average molecular weight is 340 g/mol. The molecule has 0 aromatic heterocycles. The van der Waals surface area contributed by atoms with Gasteiger partial charge in [-0.2, -0.15) is 8.42 Å². The van der Waals surface area contributed by atoms with Crippen LogP contribution in [0.5, 0.6) is 11.5 Å². The van der Waals surface area contributed by atoms with Gasteiger partial charge >= 0.3 is 10.1 Å². The van der Waals surface area contributed by atoms with Crippen LogP contribution in [0.3, 0.4) is 0 Å². The van der Waals surface area contributed by atoms with E-state index >= 15 is 0 Å². The molecule has 0 heterocycles. The summed E-state index contributed by atoms with van der Waals surface area (Å²) in [5, 5.41) is 0. The molecule has 2 aromatic rings. The van der Waals surface area contributed by atoms with Crippen LogP contribution >= 0.6 is 0 Å². The summed E-state index contributed by atoms with van der Waals surface area (Å²) < 4.78 is 53.0. The van der Waals surface area contributed by atoms with Crippen LogP contribution in [0.1, 0.15) is 6.92 Å². The number of hydrogen-bond donors (Lipinski definition) is 0. The van der Waals surface area contributed by atoms with Crippen molar-refractivity contribution in [2.45, 2.75) is 11.8 Å². The number of halogens is 1. The molecule has 0 aliphatic carbocycles. The van der Waals surface area contributed by atoms with E-state index in [1.54, 1.807) is 0 Å². The molecule has 2 aromatic carbocycles. The normalized spacial score (nSPS) is 11.2. The SMILES string of the molecule is CCOCCOc1ccc(S(=O)(=O)Oc2ccccc2F)cc1. The highest BCUT2D eigenvalue weighted by Crippen LogP contribution is 2.23. The zero-order chi connectivity index (χ0) is 16.7. The van der Waals surface area contributed by atoms with Crippen LogP contribution in [0.15, 0.2) is 53.4 Å². The number of benzene rings is 2. The summed E-state index contributed by atoms with van der Waals surface area (Å²) in [6, 6.07) is 11.0. The lowest BCUT2D eigenvalue weighted by Crippen LogP contribution is -2.11. The molecule has 0 radical (unpaired) electrons. The molecule has 0 aliphatic rings. The molecule has 0 atom stereocenters. The first-order chi connectivity index (χ1) is 11.0. The minimum absolute atomic E-state index is 0.0853. The van der Waals surface area contributed by atoms with Crippen LogP contribution < -0.4 is 8.92 Å². The molecule has 0 amide bonds. The summed E-state index contributed by atoms with van der Waals surface area (Å²) in [4.78, 5) is -0.0853. The van der Waals surface area contributed by atoms with Crippen molar-refractivity contribution in [1.82, 2.24) is 0 Å². The van der Waals surface area contributed by atoms with Crippen molar-refractivity contribution >= 4 is 10.1 Å². The third-order valence-corrected chi connectivity index (χ3v) is 4.10. The van der Waals surface area contributed by atoms with E-state index in [9.17, 15) is 12.8 Å². The molecule has 23 heavy (non-hydrogen) atoms. The van der Waals surface area contributed by atoms with Gasteiger partial charge in [-0.25, -0.2) is 4.39 Å². The van der Waals surface area contributed by atoms with Gasteiger partial charge in [0.25, 0.3) is 0 Å². The maximum atomic E-state index is 13.5. The molecular formula is C16H17FO5S. The summed E-state index contributed by atoms with van der Waals surface area (Å²) in [7, 11) is -4.10. The molecule has 5 nitrogen and oxygen atoms in total. The van der Waals surface area contributed by atoms with Gasteiger partial charge in [0.15, 0.2) is 11.6 Å². The van der Waals surface area contributed by atoms with E-state index in [0.717, 1.165) is 6.07 Å². The van der Waals surface area contributed by atoms with Crippen LogP contribution in [0.25, 0.3) is 0 Å². The Hall–Kier alpha value is -2.12. The molecule has 0 aliphatic heterocycles. The highest BCUT2D eigenvalue weighted by molar-refractivity contribution is 7.87.